The third-order valence-corrected chi connectivity index (χ3v) is 8.66. The molecule has 1 amide bonds. The highest BCUT2D eigenvalue weighted by atomic mass is 35.5. The fourth-order valence-corrected chi connectivity index (χ4v) is 5.97. The SMILES string of the molecule is COc1ccc(C(=N)c2c(N)ncnc2NC(C)C(NC2CC=CC(Cl)=C2C)N(C=O)C2CCN(CC(F)(F)F)CC2)c(F)c1F. The van der Waals surface area contributed by atoms with Crippen LogP contribution in [-0.2, 0) is 4.79 Å². The van der Waals surface area contributed by atoms with E-state index in [1.54, 1.807) is 13.0 Å². The molecule has 1 aliphatic carbocycles. The zero-order chi connectivity index (χ0) is 33.8. The van der Waals surface area contributed by atoms with Crippen LogP contribution in [0.2, 0.25) is 0 Å². The van der Waals surface area contributed by atoms with Crippen molar-refractivity contribution in [3.05, 3.63) is 64.0 Å². The monoisotopic (exact) mass is 670 g/mol. The predicted molar refractivity (Wildman–Crippen MR) is 165 cm³/mol. The number of benzene rings is 1. The van der Waals surface area contributed by atoms with Gasteiger partial charge in [-0.15, -0.1) is 0 Å². The van der Waals surface area contributed by atoms with E-state index >= 15 is 4.39 Å². The van der Waals surface area contributed by atoms with Crippen LogP contribution in [0, 0.1) is 17.0 Å². The van der Waals surface area contributed by atoms with E-state index < -0.39 is 53.9 Å². The number of carbonyl (C=O) groups excluding carboxylic acids is 1. The van der Waals surface area contributed by atoms with Gasteiger partial charge in [0.05, 0.1) is 31.0 Å². The Morgan fingerprint density at radius 3 is 2.59 bits per heavy atom. The van der Waals surface area contributed by atoms with E-state index in [1.165, 1.54) is 29.0 Å². The normalized spacial score (nSPS) is 19.1. The Morgan fingerprint density at radius 1 is 1.26 bits per heavy atom. The van der Waals surface area contributed by atoms with E-state index in [1.807, 2.05) is 13.0 Å². The molecular formula is C30H36ClF5N8O2. The van der Waals surface area contributed by atoms with Crippen molar-refractivity contribution in [3.8, 4) is 5.75 Å². The number of nitrogens with zero attached hydrogens (tertiary/aromatic N) is 4. The van der Waals surface area contributed by atoms with Crippen molar-refractivity contribution in [1.82, 2.24) is 25.1 Å². The van der Waals surface area contributed by atoms with Crippen LogP contribution in [0.25, 0.3) is 0 Å². The molecule has 5 N–H and O–H groups in total. The molecule has 1 aromatic heterocycles. The van der Waals surface area contributed by atoms with Crippen LogP contribution >= 0.6 is 11.6 Å². The average Bonchev–Trinajstić information content (AvgIpc) is 3.00. The maximum atomic E-state index is 15.0. The van der Waals surface area contributed by atoms with Gasteiger partial charge in [0, 0.05) is 35.8 Å². The Labute approximate surface area is 268 Å². The van der Waals surface area contributed by atoms with E-state index in [0.29, 0.717) is 30.7 Å². The van der Waals surface area contributed by atoms with Gasteiger partial charge >= 0.3 is 6.18 Å². The number of anilines is 2. The highest BCUT2D eigenvalue weighted by Gasteiger charge is 2.37. The summed E-state index contributed by atoms with van der Waals surface area (Å²) in [6, 6.07) is 1.00. The van der Waals surface area contributed by atoms with Crippen molar-refractivity contribution in [3.63, 3.8) is 0 Å². The lowest BCUT2D eigenvalue weighted by molar-refractivity contribution is -0.150. The smallest absolute Gasteiger partial charge is 0.401 e. The van der Waals surface area contributed by atoms with Gasteiger partial charge in [-0.3, -0.25) is 20.4 Å². The van der Waals surface area contributed by atoms with Crippen molar-refractivity contribution in [2.24, 2.45) is 0 Å². The Bertz CT molecular complexity index is 1500. The molecule has 0 radical (unpaired) electrons. The van der Waals surface area contributed by atoms with Crippen LogP contribution in [0.1, 0.15) is 44.2 Å². The average molecular weight is 671 g/mol. The van der Waals surface area contributed by atoms with Crippen molar-refractivity contribution >= 4 is 35.4 Å². The van der Waals surface area contributed by atoms with Crippen LogP contribution in [0.15, 0.2) is 41.2 Å². The summed E-state index contributed by atoms with van der Waals surface area (Å²) < 4.78 is 73.4. The number of allylic oxidation sites excluding steroid dienone is 2. The molecule has 250 valence electrons. The molecule has 1 saturated heterocycles. The number of amides is 1. The topological polar surface area (TPSA) is 132 Å². The first-order valence-electron chi connectivity index (χ1n) is 14.5. The number of rotatable bonds is 12. The third-order valence-electron chi connectivity index (χ3n) is 8.23. The van der Waals surface area contributed by atoms with Crippen LogP contribution in [0.3, 0.4) is 0 Å². The molecule has 4 rings (SSSR count). The maximum absolute atomic E-state index is 15.0. The minimum Gasteiger partial charge on any atom is -0.494 e. The molecule has 16 heteroatoms. The predicted octanol–water partition coefficient (Wildman–Crippen LogP) is 4.80. The highest BCUT2D eigenvalue weighted by molar-refractivity contribution is 6.31. The van der Waals surface area contributed by atoms with Crippen molar-refractivity contribution < 1.29 is 31.5 Å². The lowest BCUT2D eigenvalue weighted by Crippen LogP contribution is -2.61. The second-order valence-electron chi connectivity index (χ2n) is 11.2. The fourth-order valence-electron chi connectivity index (χ4n) is 5.74. The van der Waals surface area contributed by atoms with Gasteiger partial charge in [-0.1, -0.05) is 17.7 Å². The summed E-state index contributed by atoms with van der Waals surface area (Å²) in [6.45, 7) is 2.86. The molecule has 1 aromatic carbocycles. The minimum absolute atomic E-state index is 0.0205. The molecule has 0 saturated carbocycles. The number of likely N-dealkylation sites (tertiary alicyclic amines) is 1. The van der Waals surface area contributed by atoms with Crippen LogP contribution < -0.4 is 21.1 Å². The zero-order valence-electron chi connectivity index (χ0n) is 25.5. The number of piperidine rings is 1. The highest BCUT2D eigenvalue weighted by Crippen LogP contribution is 2.30. The zero-order valence-corrected chi connectivity index (χ0v) is 26.2. The van der Waals surface area contributed by atoms with Crippen molar-refractivity contribution in [1.29, 1.82) is 5.41 Å². The van der Waals surface area contributed by atoms with Crippen LogP contribution in [-0.4, -0.2) is 89.1 Å². The van der Waals surface area contributed by atoms with Gasteiger partial charge in [0.2, 0.25) is 12.2 Å². The molecule has 0 spiro atoms. The minimum atomic E-state index is -4.33. The van der Waals surface area contributed by atoms with Gasteiger partial charge in [-0.05, 0) is 56.9 Å². The maximum Gasteiger partial charge on any atom is 0.401 e. The van der Waals surface area contributed by atoms with Gasteiger partial charge in [-0.25, -0.2) is 14.4 Å². The quantitative estimate of drug-likeness (QED) is 0.110. The number of aromatic nitrogens is 2. The number of methoxy groups -OCH3 is 1. The second-order valence-corrected chi connectivity index (χ2v) is 11.6. The largest absolute Gasteiger partial charge is 0.494 e. The Hall–Kier alpha value is -3.82. The van der Waals surface area contributed by atoms with Gasteiger partial charge in [0.15, 0.2) is 11.6 Å². The first-order valence-corrected chi connectivity index (χ1v) is 14.9. The number of nitrogen functional groups attached to an aromatic ring is 1. The Morgan fingerprint density at radius 2 is 1.96 bits per heavy atom. The Kier molecular flexibility index (Phi) is 11.2. The molecule has 46 heavy (non-hydrogen) atoms. The molecule has 10 nitrogen and oxygen atoms in total. The Balaban J connectivity index is 1.65. The molecular weight excluding hydrogens is 635 g/mol. The molecule has 2 aromatic rings. The summed E-state index contributed by atoms with van der Waals surface area (Å²) in [7, 11) is 1.18. The van der Waals surface area contributed by atoms with E-state index in [2.05, 4.69) is 20.6 Å². The van der Waals surface area contributed by atoms with E-state index in [4.69, 9.17) is 27.5 Å². The fraction of sp³-hybridized carbons (Fsp3) is 0.467. The van der Waals surface area contributed by atoms with Crippen LogP contribution in [0.5, 0.6) is 5.75 Å². The van der Waals surface area contributed by atoms with Crippen molar-refractivity contribution in [2.75, 3.05) is 37.8 Å². The first kappa shape index (κ1) is 35.0. The summed E-state index contributed by atoms with van der Waals surface area (Å²) in [5, 5.41) is 15.9. The second kappa shape index (κ2) is 14.7. The number of carbonyl (C=O) groups is 1. The molecule has 1 aliphatic heterocycles. The molecule has 3 atom stereocenters. The number of alkyl halides is 3. The third kappa shape index (κ3) is 7.93. The summed E-state index contributed by atoms with van der Waals surface area (Å²) in [5.74, 6) is -3.10. The number of hydrogen-bond donors (Lipinski definition) is 4. The van der Waals surface area contributed by atoms with E-state index in [0.717, 1.165) is 11.9 Å². The molecule has 2 aliphatic rings. The van der Waals surface area contributed by atoms with Crippen molar-refractivity contribution in [2.45, 2.75) is 63.6 Å². The van der Waals surface area contributed by atoms with Gasteiger partial charge in [-0.2, -0.15) is 17.6 Å². The summed E-state index contributed by atoms with van der Waals surface area (Å²) >= 11 is 6.40. The number of ether oxygens (including phenoxy) is 1. The lowest BCUT2D eigenvalue weighted by Gasteiger charge is -2.44. The van der Waals surface area contributed by atoms with Crippen LogP contribution in [0.4, 0.5) is 33.6 Å². The first-order chi connectivity index (χ1) is 21.7. The standard InChI is InChI=1S/C30H36ClF5N8O2/c1-16-20(31)5-4-6-21(16)42-29(44(15-45)18-9-11-43(12-10-18)13-30(34,35)36)17(2)41-28-23(27(38)39-14-40-28)26(37)19-7-8-22(46-3)25(33)24(19)32/h4-5,7-8,14-15,17-18,21,29,37,42H,6,9-13H2,1-3H3,(H3,38,39,40,41). The molecule has 0 bridgehead atoms. The molecule has 3 unspecified atom stereocenters. The van der Waals surface area contributed by atoms with Gasteiger partial charge < -0.3 is 20.7 Å². The molecule has 1 fully saturated rings. The number of nitrogens with one attached hydrogen (secondary N) is 3. The number of nitrogens with two attached hydrogens (primary N) is 1. The van der Waals surface area contributed by atoms with Gasteiger partial charge in [0.1, 0.15) is 24.1 Å². The molecule has 2 heterocycles. The number of halogens is 6. The summed E-state index contributed by atoms with van der Waals surface area (Å²) in [5.41, 5.74) is 5.95. The lowest BCUT2D eigenvalue weighted by atomic mass is 9.97. The van der Waals surface area contributed by atoms with E-state index in [-0.39, 0.29) is 42.1 Å². The summed E-state index contributed by atoms with van der Waals surface area (Å²) in [4.78, 5) is 23.7. The summed E-state index contributed by atoms with van der Waals surface area (Å²) in [6.07, 6.45) is 1.53. The number of hydrogen-bond acceptors (Lipinski definition) is 9. The van der Waals surface area contributed by atoms with Gasteiger partial charge in [0.25, 0.3) is 0 Å². The van der Waals surface area contributed by atoms with E-state index in [9.17, 15) is 22.4 Å².